The minimum Gasteiger partial charge on any atom is -0.476 e. The standard InChI is InChI=1S/C12H16N2O3S2/c1-18-12(4-2-3-5-12)7-13-9(15)10-14-8(6-19-10)11(16)17/h6H,2-5,7H2,1H3,(H,13,15)(H,16,17). The predicted octanol–water partition coefficient (Wildman–Crippen LogP) is 2.25. The summed E-state index contributed by atoms with van der Waals surface area (Å²) >= 11 is 2.87. The Labute approximate surface area is 119 Å². The molecule has 0 unspecified atom stereocenters. The molecule has 1 aromatic heterocycles. The monoisotopic (exact) mass is 300 g/mol. The van der Waals surface area contributed by atoms with Crippen LogP contribution in [0.1, 0.15) is 46.0 Å². The number of rotatable bonds is 5. The highest BCUT2D eigenvalue weighted by molar-refractivity contribution is 8.00. The van der Waals surface area contributed by atoms with E-state index in [1.54, 1.807) is 11.8 Å². The SMILES string of the molecule is CSC1(CNC(=O)c2nc(C(=O)O)cs2)CCCC1. The van der Waals surface area contributed by atoms with Crippen molar-refractivity contribution >= 4 is 35.0 Å². The lowest BCUT2D eigenvalue weighted by atomic mass is 10.1. The van der Waals surface area contributed by atoms with Gasteiger partial charge in [0.2, 0.25) is 0 Å². The normalized spacial score (nSPS) is 17.3. The number of carboxylic acid groups (broad SMARTS) is 1. The summed E-state index contributed by atoms with van der Waals surface area (Å²) in [5, 5.41) is 13.3. The molecule has 0 radical (unpaired) electrons. The van der Waals surface area contributed by atoms with Crippen LogP contribution in [0.2, 0.25) is 0 Å². The van der Waals surface area contributed by atoms with Crippen molar-refractivity contribution in [2.45, 2.75) is 30.4 Å². The van der Waals surface area contributed by atoms with Crippen LogP contribution in [0.25, 0.3) is 0 Å². The number of carbonyl (C=O) groups excluding carboxylic acids is 1. The summed E-state index contributed by atoms with van der Waals surface area (Å²) < 4.78 is 0.141. The zero-order valence-corrected chi connectivity index (χ0v) is 12.3. The average molecular weight is 300 g/mol. The van der Waals surface area contributed by atoms with Crippen LogP contribution in [0, 0.1) is 0 Å². The van der Waals surface area contributed by atoms with Crippen LogP contribution >= 0.6 is 23.1 Å². The molecular weight excluding hydrogens is 284 g/mol. The van der Waals surface area contributed by atoms with E-state index >= 15 is 0 Å². The molecule has 5 nitrogen and oxygen atoms in total. The Balaban J connectivity index is 1.95. The Morgan fingerprint density at radius 2 is 2.21 bits per heavy atom. The van der Waals surface area contributed by atoms with Gasteiger partial charge in [-0.05, 0) is 19.1 Å². The first-order valence-corrected chi connectivity index (χ1v) is 8.19. The van der Waals surface area contributed by atoms with Gasteiger partial charge in [0.25, 0.3) is 5.91 Å². The third-order valence-electron chi connectivity index (χ3n) is 3.44. The molecular formula is C12H16N2O3S2. The van der Waals surface area contributed by atoms with Crippen molar-refractivity contribution in [2.24, 2.45) is 0 Å². The lowest BCUT2D eigenvalue weighted by molar-refractivity contribution is 0.0691. The van der Waals surface area contributed by atoms with Gasteiger partial charge in [0, 0.05) is 16.7 Å². The molecule has 1 fully saturated rings. The van der Waals surface area contributed by atoms with Gasteiger partial charge in [-0.3, -0.25) is 4.79 Å². The van der Waals surface area contributed by atoms with Gasteiger partial charge in [0.1, 0.15) is 0 Å². The quantitative estimate of drug-likeness (QED) is 0.872. The van der Waals surface area contributed by atoms with Gasteiger partial charge >= 0.3 is 5.97 Å². The first kappa shape index (κ1) is 14.3. The van der Waals surface area contributed by atoms with E-state index in [9.17, 15) is 9.59 Å². The number of aromatic nitrogens is 1. The smallest absolute Gasteiger partial charge is 0.355 e. The highest BCUT2D eigenvalue weighted by Gasteiger charge is 2.33. The molecule has 1 aliphatic rings. The van der Waals surface area contributed by atoms with Gasteiger partial charge in [-0.25, -0.2) is 9.78 Å². The van der Waals surface area contributed by atoms with Crippen LogP contribution in [-0.4, -0.2) is 39.5 Å². The molecule has 1 heterocycles. The summed E-state index contributed by atoms with van der Waals surface area (Å²) in [5.74, 6) is -1.38. The van der Waals surface area contributed by atoms with Crippen molar-refractivity contribution in [3.05, 3.63) is 16.1 Å². The van der Waals surface area contributed by atoms with Crippen molar-refractivity contribution in [2.75, 3.05) is 12.8 Å². The Kier molecular flexibility index (Phi) is 4.46. The van der Waals surface area contributed by atoms with Crippen LogP contribution in [0.3, 0.4) is 0 Å². The Morgan fingerprint density at radius 1 is 1.53 bits per heavy atom. The number of carbonyl (C=O) groups is 2. The Hall–Kier alpha value is -1.08. The second-order valence-corrected chi connectivity index (χ2v) is 6.75. The van der Waals surface area contributed by atoms with Crippen molar-refractivity contribution in [1.29, 1.82) is 0 Å². The van der Waals surface area contributed by atoms with Gasteiger partial charge in [-0.2, -0.15) is 11.8 Å². The number of thioether (sulfide) groups is 1. The highest BCUT2D eigenvalue weighted by atomic mass is 32.2. The lowest BCUT2D eigenvalue weighted by Gasteiger charge is -2.26. The van der Waals surface area contributed by atoms with Gasteiger partial charge in [0.15, 0.2) is 10.7 Å². The molecule has 2 N–H and O–H groups in total. The number of nitrogens with zero attached hydrogens (tertiary/aromatic N) is 1. The topological polar surface area (TPSA) is 79.3 Å². The fourth-order valence-electron chi connectivity index (χ4n) is 2.27. The highest BCUT2D eigenvalue weighted by Crippen LogP contribution is 2.39. The molecule has 0 saturated heterocycles. The van der Waals surface area contributed by atoms with E-state index in [2.05, 4.69) is 16.6 Å². The fraction of sp³-hybridized carbons (Fsp3) is 0.583. The van der Waals surface area contributed by atoms with E-state index in [1.165, 1.54) is 18.2 Å². The summed E-state index contributed by atoms with van der Waals surface area (Å²) in [4.78, 5) is 26.4. The second kappa shape index (κ2) is 5.92. The van der Waals surface area contributed by atoms with Crippen molar-refractivity contribution in [3.63, 3.8) is 0 Å². The van der Waals surface area contributed by atoms with Crippen LogP contribution < -0.4 is 5.32 Å². The van der Waals surface area contributed by atoms with Crippen LogP contribution in [0.4, 0.5) is 0 Å². The van der Waals surface area contributed by atoms with Gasteiger partial charge in [-0.15, -0.1) is 11.3 Å². The number of thiazole rings is 1. The number of carboxylic acids is 1. The fourth-order valence-corrected chi connectivity index (χ4v) is 3.89. The average Bonchev–Trinajstić information content (AvgIpc) is 3.06. The Morgan fingerprint density at radius 3 is 2.74 bits per heavy atom. The number of aromatic carboxylic acids is 1. The van der Waals surface area contributed by atoms with Crippen molar-refractivity contribution in [1.82, 2.24) is 10.3 Å². The van der Waals surface area contributed by atoms with Crippen molar-refractivity contribution in [3.8, 4) is 0 Å². The maximum Gasteiger partial charge on any atom is 0.355 e. The molecule has 0 spiro atoms. The molecule has 0 bridgehead atoms. The number of hydrogen-bond acceptors (Lipinski definition) is 5. The molecule has 2 rings (SSSR count). The lowest BCUT2D eigenvalue weighted by Crippen LogP contribution is -2.38. The van der Waals surface area contributed by atoms with E-state index < -0.39 is 5.97 Å². The molecule has 7 heteroatoms. The van der Waals surface area contributed by atoms with Crippen LogP contribution in [0.15, 0.2) is 5.38 Å². The van der Waals surface area contributed by atoms with E-state index in [4.69, 9.17) is 5.11 Å². The van der Waals surface area contributed by atoms with Crippen molar-refractivity contribution < 1.29 is 14.7 Å². The minimum absolute atomic E-state index is 0.0735. The van der Waals surface area contributed by atoms with Gasteiger partial charge in [0.05, 0.1) is 0 Å². The largest absolute Gasteiger partial charge is 0.476 e. The minimum atomic E-state index is -1.10. The third-order valence-corrected chi connectivity index (χ3v) is 5.70. The summed E-state index contributed by atoms with van der Waals surface area (Å²) in [7, 11) is 0. The molecule has 0 aromatic carbocycles. The summed E-state index contributed by atoms with van der Waals surface area (Å²) in [6.07, 6.45) is 6.72. The second-order valence-electron chi connectivity index (χ2n) is 4.62. The summed E-state index contributed by atoms with van der Waals surface area (Å²) in [5.41, 5.74) is -0.0735. The molecule has 0 aliphatic heterocycles. The maximum atomic E-state index is 11.9. The van der Waals surface area contributed by atoms with Crippen LogP contribution in [0.5, 0.6) is 0 Å². The molecule has 1 saturated carbocycles. The van der Waals surface area contributed by atoms with E-state index in [0.717, 1.165) is 24.2 Å². The Bertz CT molecular complexity index is 481. The number of amides is 1. The van der Waals surface area contributed by atoms with Gasteiger partial charge < -0.3 is 10.4 Å². The predicted molar refractivity (Wildman–Crippen MR) is 76.1 cm³/mol. The van der Waals surface area contributed by atoms with E-state index in [0.29, 0.717) is 6.54 Å². The number of nitrogens with one attached hydrogen (secondary N) is 1. The van der Waals surface area contributed by atoms with E-state index in [-0.39, 0.29) is 21.4 Å². The number of hydrogen-bond donors (Lipinski definition) is 2. The van der Waals surface area contributed by atoms with Gasteiger partial charge in [-0.1, -0.05) is 12.8 Å². The third kappa shape index (κ3) is 3.27. The first-order chi connectivity index (χ1) is 9.06. The molecule has 1 amide bonds. The molecule has 104 valence electrons. The molecule has 0 atom stereocenters. The maximum absolute atomic E-state index is 11.9. The van der Waals surface area contributed by atoms with E-state index in [1.807, 2.05) is 0 Å². The molecule has 1 aromatic rings. The first-order valence-electron chi connectivity index (χ1n) is 6.08. The molecule has 19 heavy (non-hydrogen) atoms. The molecule has 1 aliphatic carbocycles. The zero-order chi connectivity index (χ0) is 13.9. The van der Waals surface area contributed by atoms with Crippen LogP contribution in [-0.2, 0) is 0 Å². The summed E-state index contributed by atoms with van der Waals surface area (Å²) in [6.45, 7) is 0.620. The zero-order valence-electron chi connectivity index (χ0n) is 10.6. The summed E-state index contributed by atoms with van der Waals surface area (Å²) in [6, 6.07) is 0.